The van der Waals surface area contributed by atoms with Gasteiger partial charge in [0.15, 0.2) is 0 Å². The van der Waals surface area contributed by atoms with Crippen molar-refractivity contribution in [2.24, 2.45) is 5.92 Å². The zero-order valence-corrected chi connectivity index (χ0v) is 6.78. The van der Waals surface area contributed by atoms with Crippen LogP contribution in [-0.4, -0.2) is 16.6 Å². The van der Waals surface area contributed by atoms with Crippen LogP contribution in [0.15, 0.2) is 0 Å². The maximum Gasteiger partial charge on any atom is 0.277 e. The molecular weight excluding hydrogens is 138 g/mol. The maximum atomic E-state index is 12.8. The van der Waals surface area contributed by atoms with Gasteiger partial charge in [0.25, 0.3) is 5.92 Å². The summed E-state index contributed by atoms with van der Waals surface area (Å²) in [4.78, 5) is 0. The highest BCUT2D eigenvalue weighted by Crippen LogP contribution is 2.34. The van der Waals surface area contributed by atoms with Crippen LogP contribution in [-0.2, 0) is 0 Å². The van der Waals surface area contributed by atoms with E-state index in [4.69, 9.17) is 5.11 Å². The monoisotopic (exact) mass is 152 g/mol. The van der Waals surface area contributed by atoms with E-state index in [1.807, 2.05) is 0 Å². The number of hydrogen-bond donors (Lipinski definition) is 1. The van der Waals surface area contributed by atoms with Crippen molar-refractivity contribution in [2.45, 2.75) is 39.2 Å². The Morgan fingerprint density at radius 2 is 1.50 bits per heavy atom. The van der Waals surface area contributed by atoms with Crippen LogP contribution in [0.3, 0.4) is 0 Å². The first kappa shape index (κ1) is 9.82. The third-order valence-electron chi connectivity index (χ3n) is 1.54. The zero-order chi connectivity index (χ0) is 8.58. The van der Waals surface area contributed by atoms with Crippen molar-refractivity contribution in [1.29, 1.82) is 0 Å². The molecule has 0 aromatic rings. The van der Waals surface area contributed by atoms with Crippen LogP contribution in [0.25, 0.3) is 0 Å². The number of alkyl halides is 2. The summed E-state index contributed by atoms with van der Waals surface area (Å²) in [5.41, 5.74) is -1.92. The minimum absolute atomic E-state index is 0.826. The van der Waals surface area contributed by atoms with Crippen molar-refractivity contribution < 1.29 is 13.9 Å². The SMILES string of the molecule is CC(C)C(F)(F)C(C)(C)O. The Labute approximate surface area is 60.1 Å². The molecule has 0 aliphatic rings. The lowest BCUT2D eigenvalue weighted by Gasteiger charge is -2.31. The first-order valence-electron chi connectivity index (χ1n) is 3.29. The lowest BCUT2D eigenvalue weighted by molar-refractivity contribution is -0.187. The van der Waals surface area contributed by atoms with E-state index in [1.54, 1.807) is 0 Å². The Kier molecular flexibility index (Phi) is 2.41. The molecule has 0 radical (unpaired) electrons. The van der Waals surface area contributed by atoms with Crippen LogP contribution >= 0.6 is 0 Å². The molecule has 3 heteroatoms. The topological polar surface area (TPSA) is 20.2 Å². The molecule has 1 nitrogen and oxygen atoms in total. The van der Waals surface area contributed by atoms with Crippen LogP contribution in [0, 0.1) is 5.92 Å². The predicted molar refractivity (Wildman–Crippen MR) is 36.1 cm³/mol. The molecule has 0 aliphatic heterocycles. The molecule has 0 atom stereocenters. The molecule has 0 saturated heterocycles. The molecule has 0 aliphatic carbocycles. The molecule has 62 valence electrons. The Balaban J connectivity index is 4.40. The van der Waals surface area contributed by atoms with Gasteiger partial charge in [0.1, 0.15) is 5.60 Å². The van der Waals surface area contributed by atoms with Crippen LogP contribution in [0.4, 0.5) is 8.78 Å². The molecule has 0 heterocycles. The molecule has 1 N–H and O–H groups in total. The van der Waals surface area contributed by atoms with Gasteiger partial charge in [0, 0.05) is 5.92 Å². The number of rotatable bonds is 2. The average Bonchev–Trinajstić information content (AvgIpc) is 1.62. The first-order chi connectivity index (χ1) is 4.19. The highest BCUT2D eigenvalue weighted by molar-refractivity contribution is 4.87. The van der Waals surface area contributed by atoms with Crippen LogP contribution in [0.1, 0.15) is 27.7 Å². The number of aliphatic hydroxyl groups is 1. The summed E-state index contributed by atoms with van der Waals surface area (Å²) < 4.78 is 25.6. The summed E-state index contributed by atoms with van der Waals surface area (Å²) in [5, 5.41) is 8.97. The second-order valence-corrected chi connectivity index (χ2v) is 3.34. The van der Waals surface area contributed by atoms with Gasteiger partial charge in [0.2, 0.25) is 0 Å². The average molecular weight is 152 g/mol. The number of hydrogen-bond acceptors (Lipinski definition) is 1. The van der Waals surface area contributed by atoms with E-state index in [1.165, 1.54) is 13.8 Å². The largest absolute Gasteiger partial charge is 0.384 e. The van der Waals surface area contributed by atoms with Gasteiger partial charge in [-0.25, -0.2) is 8.78 Å². The summed E-state index contributed by atoms with van der Waals surface area (Å²) in [5.74, 6) is -3.83. The first-order valence-corrected chi connectivity index (χ1v) is 3.29. The van der Waals surface area contributed by atoms with Gasteiger partial charge in [-0.3, -0.25) is 0 Å². The summed E-state index contributed by atoms with van der Waals surface area (Å²) in [7, 11) is 0. The van der Waals surface area contributed by atoms with Gasteiger partial charge < -0.3 is 5.11 Å². The fourth-order valence-corrected chi connectivity index (χ4v) is 0.706. The molecular formula is C7H14F2O. The Bertz CT molecular complexity index is 113. The normalized spacial score (nSPS) is 14.4. The second kappa shape index (κ2) is 2.46. The molecule has 10 heavy (non-hydrogen) atoms. The lowest BCUT2D eigenvalue weighted by Crippen LogP contribution is -2.46. The molecule has 0 spiro atoms. The van der Waals surface area contributed by atoms with E-state index >= 15 is 0 Å². The molecule has 0 bridgehead atoms. The maximum absolute atomic E-state index is 12.8. The van der Waals surface area contributed by atoms with Crippen LogP contribution in [0.5, 0.6) is 0 Å². The fourth-order valence-electron chi connectivity index (χ4n) is 0.706. The summed E-state index contributed by atoms with van der Waals surface area (Å²) in [6.07, 6.45) is 0. The van der Waals surface area contributed by atoms with Crippen molar-refractivity contribution in [2.75, 3.05) is 0 Å². The molecule has 0 rings (SSSR count). The van der Waals surface area contributed by atoms with Gasteiger partial charge in [-0.15, -0.1) is 0 Å². The van der Waals surface area contributed by atoms with Gasteiger partial charge >= 0.3 is 0 Å². The Morgan fingerprint density at radius 3 is 1.50 bits per heavy atom. The molecule has 0 unspecified atom stereocenters. The molecule has 0 saturated carbocycles. The van der Waals surface area contributed by atoms with Crippen molar-refractivity contribution in [3.05, 3.63) is 0 Å². The van der Waals surface area contributed by atoms with E-state index in [-0.39, 0.29) is 0 Å². The van der Waals surface area contributed by atoms with Gasteiger partial charge in [-0.1, -0.05) is 13.8 Å². The molecule has 0 fully saturated rings. The fraction of sp³-hybridized carbons (Fsp3) is 1.00. The predicted octanol–water partition coefficient (Wildman–Crippen LogP) is 2.05. The minimum Gasteiger partial charge on any atom is -0.384 e. The van der Waals surface area contributed by atoms with E-state index < -0.39 is 17.4 Å². The quantitative estimate of drug-likeness (QED) is 0.642. The van der Waals surface area contributed by atoms with E-state index in [0.29, 0.717) is 0 Å². The smallest absolute Gasteiger partial charge is 0.277 e. The molecule has 0 aromatic carbocycles. The highest BCUT2D eigenvalue weighted by Gasteiger charge is 2.47. The van der Waals surface area contributed by atoms with Crippen LogP contribution < -0.4 is 0 Å². The van der Waals surface area contributed by atoms with Crippen molar-refractivity contribution in [1.82, 2.24) is 0 Å². The number of halogens is 2. The Morgan fingerprint density at radius 1 is 1.20 bits per heavy atom. The summed E-state index contributed by atoms with van der Waals surface area (Å²) >= 11 is 0. The highest BCUT2D eigenvalue weighted by atomic mass is 19.3. The van der Waals surface area contributed by atoms with Crippen molar-refractivity contribution in [3.63, 3.8) is 0 Å². The summed E-state index contributed by atoms with van der Waals surface area (Å²) in [6.45, 7) is 5.01. The molecule has 0 amide bonds. The minimum atomic E-state index is -3.01. The van der Waals surface area contributed by atoms with Gasteiger partial charge in [-0.05, 0) is 13.8 Å². The van der Waals surface area contributed by atoms with Crippen molar-refractivity contribution in [3.8, 4) is 0 Å². The summed E-state index contributed by atoms with van der Waals surface area (Å²) in [6, 6.07) is 0. The van der Waals surface area contributed by atoms with E-state index in [2.05, 4.69) is 0 Å². The molecule has 0 aromatic heterocycles. The second-order valence-electron chi connectivity index (χ2n) is 3.34. The zero-order valence-electron chi connectivity index (χ0n) is 6.78. The van der Waals surface area contributed by atoms with E-state index in [0.717, 1.165) is 13.8 Å². The van der Waals surface area contributed by atoms with Gasteiger partial charge in [-0.2, -0.15) is 0 Å². The van der Waals surface area contributed by atoms with Gasteiger partial charge in [0.05, 0.1) is 0 Å². The Hall–Kier alpha value is -0.180. The third-order valence-corrected chi connectivity index (χ3v) is 1.54. The third kappa shape index (κ3) is 1.66. The lowest BCUT2D eigenvalue weighted by atomic mass is 9.91. The standard InChI is InChI=1S/C7H14F2O/c1-5(2)7(8,9)6(3,4)10/h5,10H,1-4H3. The van der Waals surface area contributed by atoms with E-state index in [9.17, 15) is 8.78 Å². The van der Waals surface area contributed by atoms with Crippen molar-refractivity contribution >= 4 is 0 Å². The van der Waals surface area contributed by atoms with Crippen LogP contribution in [0.2, 0.25) is 0 Å².